The lowest BCUT2D eigenvalue weighted by Crippen LogP contribution is -2.53. The average molecular weight is 313 g/mol. The van der Waals surface area contributed by atoms with Crippen molar-refractivity contribution in [3.8, 4) is 11.1 Å². The quantitative estimate of drug-likeness (QED) is 0.576. The molecule has 6 heteroatoms. The standard InChI is InChI=1S/C17H23N5O/c1-17(14-7-8-14,15(18)22(2)23)13-5-3-11(4-6-13)12-9-20-16(19)21-10-12/h3-6,9-10,14-15,23H,7-8,18H2,1-2H3,(H2,19,20,21). The molecule has 2 unspecified atom stereocenters. The molecule has 3 rings (SSSR count). The van der Waals surface area contributed by atoms with E-state index in [-0.39, 0.29) is 11.4 Å². The second kappa shape index (κ2) is 5.88. The normalized spacial score (nSPS) is 18.7. The van der Waals surface area contributed by atoms with Crippen LogP contribution in [0.1, 0.15) is 25.3 Å². The minimum Gasteiger partial charge on any atom is -0.368 e. The molecule has 1 aliphatic rings. The number of likely N-dealkylation sites (N-methyl/N-ethyl adjacent to an activating group) is 1. The zero-order chi connectivity index (χ0) is 16.6. The van der Waals surface area contributed by atoms with Gasteiger partial charge in [0, 0.05) is 30.4 Å². The fraction of sp³-hybridized carbons (Fsp3) is 0.412. The van der Waals surface area contributed by atoms with Gasteiger partial charge >= 0.3 is 0 Å². The Kier molecular flexibility index (Phi) is 4.06. The predicted octanol–water partition coefficient (Wildman–Crippen LogP) is 2.00. The van der Waals surface area contributed by atoms with Gasteiger partial charge in [-0.05, 0) is 29.9 Å². The van der Waals surface area contributed by atoms with E-state index in [0.717, 1.165) is 34.6 Å². The van der Waals surface area contributed by atoms with E-state index in [1.807, 2.05) is 12.1 Å². The minimum absolute atomic E-state index is 0.267. The number of hydroxylamine groups is 2. The monoisotopic (exact) mass is 313 g/mol. The zero-order valence-electron chi connectivity index (χ0n) is 13.5. The molecule has 0 saturated heterocycles. The Labute approximate surface area is 136 Å². The highest BCUT2D eigenvalue weighted by molar-refractivity contribution is 5.62. The number of aromatic nitrogens is 2. The Morgan fingerprint density at radius 1 is 1.17 bits per heavy atom. The van der Waals surface area contributed by atoms with Crippen LogP contribution in [0.2, 0.25) is 0 Å². The largest absolute Gasteiger partial charge is 0.368 e. The summed E-state index contributed by atoms with van der Waals surface area (Å²) in [5.41, 5.74) is 14.6. The van der Waals surface area contributed by atoms with Crippen molar-refractivity contribution >= 4 is 5.95 Å². The van der Waals surface area contributed by atoms with Crippen LogP contribution in [0.5, 0.6) is 0 Å². The molecule has 0 bridgehead atoms. The molecule has 1 aromatic heterocycles. The first-order valence-corrected chi connectivity index (χ1v) is 7.78. The lowest BCUT2D eigenvalue weighted by molar-refractivity contribution is -0.124. The topological polar surface area (TPSA) is 101 Å². The number of rotatable bonds is 5. The Balaban J connectivity index is 1.92. The highest BCUT2D eigenvalue weighted by atomic mass is 16.5. The molecule has 122 valence electrons. The van der Waals surface area contributed by atoms with Crippen LogP contribution >= 0.6 is 0 Å². The maximum absolute atomic E-state index is 9.83. The van der Waals surface area contributed by atoms with E-state index in [4.69, 9.17) is 11.5 Å². The van der Waals surface area contributed by atoms with Crippen LogP contribution in [0.4, 0.5) is 5.95 Å². The average Bonchev–Trinajstić information content (AvgIpc) is 3.39. The molecule has 2 aromatic rings. The Hall–Kier alpha value is -2.02. The molecule has 23 heavy (non-hydrogen) atoms. The summed E-state index contributed by atoms with van der Waals surface area (Å²) in [6.07, 6.45) is 5.27. The third-order valence-corrected chi connectivity index (χ3v) is 4.95. The summed E-state index contributed by atoms with van der Waals surface area (Å²) in [5, 5.41) is 10.9. The van der Waals surface area contributed by atoms with Crippen molar-refractivity contribution in [3.63, 3.8) is 0 Å². The number of nitrogens with two attached hydrogens (primary N) is 2. The van der Waals surface area contributed by atoms with Crippen molar-refractivity contribution in [1.82, 2.24) is 15.0 Å². The van der Waals surface area contributed by atoms with E-state index in [0.29, 0.717) is 5.92 Å². The summed E-state index contributed by atoms with van der Waals surface area (Å²) < 4.78 is 0. The maximum atomic E-state index is 9.83. The molecule has 0 spiro atoms. The highest BCUT2D eigenvalue weighted by Gasteiger charge is 2.48. The molecule has 0 aliphatic heterocycles. The number of nitrogen functional groups attached to an aromatic ring is 1. The number of nitrogens with zero attached hydrogens (tertiary/aromatic N) is 3. The minimum atomic E-state index is -0.444. The molecular weight excluding hydrogens is 290 g/mol. The second-order valence-electron chi connectivity index (χ2n) is 6.48. The van der Waals surface area contributed by atoms with Gasteiger partial charge in [-0.1, -0.05) is 31.2 Å². The van der Waals surface area contributed by atoms with Crippen LogP contribution in [0.25, 0.3) is 11.1 Å². The van der Waals surface area contributed by atoms with Gasteiger partial charge in [-0.2, -0.15) is 5.06 Å². The fourth-order valence-corrected chi connectivity index (χ4v) is 3.23. The van der Waals surface area contributed by atoms with E-state index in [9.17, 15) is 5.21 Å². The maximum Gasteiger partial charge on any atom is 0.219 e. The Morgan fingerprint density at radius 2 is 1.74 bits per heavy atom. The van der Waals surface area contributed by atoms with Crippen molar-refractivity contribution in [3.05, 3.63) is 42.2 Å². The summed E-state index contributed by atoms with van der Waals surface area (Å²) in [7, 11) is 1.60. The molecule has 1 fully saturated rings. The number of anilines is 1. The van der Waals surface area contributed by atoms with E-state index < -0.39 is 6.17 Å². The predicted molar refractivity (Wildman–Crippen MR) is 89.5 cm³/mol. The van der Waals surface area contributed by atoms with Gasteiger partial charge in [0.05, 0.1) is 6.17 Å². The highest BCUT2D eigenvalue weighted by Crippen LogP contribution is 2.49. The van der Waals surface area contributed by atoms with Gasteiger partial charge in [0.2, 0.25) is 5.95 Å². The van der Waals surface area contributed by atoms with Crippen LogP contribution in [0.3, 0.4) is 0 Å². The summed E-state index contributed by atoms with van der Waals surface area (Å²) in [4.78, 5) is 8.05. The van der Waals surface area contributed by atoms with Crippen LogP contribution < -0.4 is 11.5 Å². The van der Waals surface area contributed by atoms with Gasteiger partial charge in [0.25, 0.3) is 0 Å². The van der Waals surface area contributed by atoms with E-state index >= 15 is 0 Å². The van der Waals surface area contributed by atoms with Gasteiger partial charge < -0.3 is 16.7 Å². The number of hydrogen-bond acceptors (Lipinski definition) is 6. The molecule has 6 nitrogen and oxygen atoms in total. The molecule has 1 aliphatic carbocycles. The lowest BCUT2D eigenvalue weighted by atomic mass is 9.75. The summed E-state index contributed by atoms with van der Waals surface area (Å²) in [6.45, 7) is 2.13. The van der Waals surface area contributed by atoms with Crippen molar-refractivity contribution in [2.45, 2.75) is 31.3 Å². The SMILES string of the molecule is CN(O)C(N)C(C)(c1ccc(-c2cnc(N)nc2)cc1)C1CC1. The molecule has 1 aromatic carbocycles. The van der Waals surface area contributed by atoms with Gasteiger partial charge in [-0.25, -0.2) is 9.97 Å². The molecule has 1 heterocycles. The first-order valence-electron chi connectivity index (χ1n) is 7.78. The number of benzene rings is 1. The van der Waals surface area contributed by atoms with Crippen LogP contribution in [-0.2, 0) is 5.41 Å². The molecule has 5 N–H and O–H groups in total. The summed E-state index contributed by atoms with van der Waals surface area (Å²) in [5.74, 6) is 0.765. The lowest BCUT2D eigenvalue weighted by Gasteiger charge is -2.39. The van der Waals surface area contributed by atoms with Crippen LogP contribution in [0, 0.1) is 5.92 Å². The number of hydrogen-bond donors (Lipinski definition) is 3. The molecule has 1 saturated carbocycles. The van der Waals surface area contributed by atoms with Gasteiger partial charge in [0.15, 0.2) is 0 Å². The smallest absolute Gasteiger partial charge is 0.219 e. The van der Waals surface area contributed by atoms with E-state index in [1.54, 1.807) is 19.4 Å². The van der Waals surface area contributed by atoms with Crippen molar-refractivity contribution in [2.75, 3.05) is 12.8 Å². The third kappa shape index (κ3) is 2.93. The molecule has 2 atom stereocenters. The van der Waals surface area contributed by atoms with E-state index in [1.165, 1.54) is 0 Å². The molecule has 0 radical (unpaired) electrons. The van der Waals surface area contributed by atoms with Crippen molar-refractivity contribution in [2.24, 2.45) is 11.7 Å². The first-order chi connectivity index (χ1) is 10.9. The van der Waals surface area contributed by atoms with Gasteiger partial charge in [-0.3, -0.25) is 0 Å². The Morgan fingerprint density at radius 3 is 2.22 bits per heavy atom. The van der Waals surface area contributed by atoms with Crippen molar-refractivity contribution < 1.29 is 5.21 Å². The molecular formula is C17H23N5O. The second-order valence-corrected chi connectivity index (χ2v) is 6.48. The van der Waals surface area contributed by atoms with Gasteiger partial charge in [-0.15, -0.1) is 0 Å². The summed E-state index contributed by atoms with van der Waals surface area (Å²) >= 11 is 0. The zero-order valence-corrected chi connectivity index (χ0v) is 13.5. The third-order valence-electron chi connectivity index (χ3n) is 4.95. The summed E-state index contributed by atoms with van der Waals surface area (Å²) in [6, 6.07) is 8.23. The van der Waals surface area contributed by atoms with E-state index in [2.05, 4.69) is 29.0 Å². The van der Waals surface area contributed by atoms with Crippen LogP contribution in [-0.4, -0.2) is 33.5 Å². The van der Waals surface area contributed by atoms with Crippen molar-refractivity contribution in [1.29, 1.82) is 0 Å². The Bertz CT molecular complexity index is 666. The van der Waals surface area contributed by atoms with Gasteiger partial charge in [0.1, 0.15) is 0 Å². The first kappa shape index (κ1) is 15.9. The van der Waals surface area contributed by atoms with Crippen LogP contribution in [0.15, 0.2) is 36.7 Å². The fourth-order valence-electron chi connectivity index (χ4n) is 3.23. The molecule has 0 amide bonds.